The van der Waals surface area contributed by atoms with Gasteiger partial charge in [0.15, 0.2) is 0 Å². The molecule has 0 aromatic carbocycles. The van der Waals surface area contributed by atoms with Gasteiger partial charge in [-0.15, -0.1) is 12.3 Å². The van der Waals surface area contributed by atoms with Gasteiger partial charge in [0, 0.05) is 13.0 Å². The van der Waals surface area contributed by atoms with E-state index >= 15 is 0 Å². The topological polar surface area (TPSA) is 84.2 Å². The van der Waals surface area contributed by atoms with E-state index < -0.39 is 18.0 Å². The van der Waals surface area contributed by atoms with Gasteiger partial charge in [-0.2, -0.15) is 0 Å². The lowest BCUT2D eigenvalue weighted by molar-refractivity contribution is -0.129. The third-order valence-electron chi connectivity index (χ3n) is 1.78. The van der Waals surface area contributed by atoms with E-state index in [1.54, 1.807) is 13.8 Å². The highest BCUT2D eigenvalue weighted by atomic mass is 16.2. The number of nitrogens with two attached hydrogens (primary N) is 1. The third kappa shape index (κ3) is 5.03. The molecule has 5 nitrogen and oxygen atoms in total. The van der Waals surface area contributed by atoms with Crippen molar-refractivity contribution in [2.45, 2.75) is 32.4 Å². The van der Waals surface area contributed by atoms with Crippen molar-refractivity contribution in [3.63, 3.8) is 0 Å². The fraction of sp³-hybridized carbons (Fsp3) is 0.600. The summed E-state index contributed by atoms with van der Waals surface area (Å²) >= 11 is 0. The Labute approximate surface area is 89.8 Å². The number of rotatable bonds is 5. The molecule has 0 saturated heterocycles. The first-order valence-corrected chi connectivity index (χ1v) is 4.80. The van der Waals surface area contributed by atoms with E-state index in [4.69, 9.17) is 12.2 Å². The number of nitrogens with one attached hydrogen (secondary N) is 2. The summed E-state index contributed by atoms with van der Waals surface area (Å²) in [6.45, 7) is 3.91. The van der Waals surface area contributed by atoms with Crippen molar-refractivity contribution >= 4 is 11.8 Å². The van der Waals surface area contributed by atoms with Crippen molar-refractivity contribution in [1.29, 1.82) is 0 Å². The number of amides is 2. The average molecular weight is 211 g/mol. The van der Waals surface area contributed by atoms with E-state index in [1.165, 1.54) is 0 Å². The minimum Gasteiger partial charge on any atom is -0.355 e. The molecule has 0 spiro atoms. The van der Waals surface area contributed by atoms with Crippen molar-refractivity contribution in [3.8, 4) is 12.3 Å². The van der Waals surface area contributed by atoms with Gasteiger partial charge in [0.25, 0.3) is 0 Å². The first-order chi connectivity index (χ1) is 7.02. The second-order valence-corrected chi connectivity index (χ2v) is 3.14. The number of likely N-dealkylation sites (N-methyl/N-ethyl adjacent to an activating group) is 1. The lowest BCUT2D eigenvalue weighted by atomic mass is 10.2. The van der Waals surface area contributed by atoms with Crippen LogP contribution < -0.4 is 16.4 Å². The lowest BCUT2D eigenvalue weighted by Gasteiger charge is -2.15. The molecule has 2 amide bonds. The van der Waals surface area contributed by atoms with Crippen LogP contribution >= 0.6 is 0 Å². The molecule has 0 aliphatic carbocycles. The van der Waals surface area contributed by atoms with Gasteiger partial charge in [-0.25, -0.2) is 0 Å². The fourth-order valence-corrected chi connectivity index (χ4v) is 0.933. The number of hydrogen-bond acceptors (Lipinski definition) is 3. The van der Waals surface area contributed by atoms with Crippen molar-refractivity contribution in [1.82, 2.24) is 10.6 Å². The van der Waals surface area contributed by atoms with E-state index in [1.807, 2.05) is 0 Å². The number of hydrogen-bond donors (Lipinski definition) is 3. The van der Waals surface area contributed by atoms with Crippen LogP contribution in [0.25, 0.3) is 0 Å². The highest BCUT2D eigenvalue weighted by molar-refractivity contribution is 5.89. The van der Waals surface area contributed by atoms with Gasteiger partial charge in [0.2, 0.25) is 11.8 Å². The van der Waals surface area contributed by atoms with Crippen LogP contribution in [-0.2, 0) is 9.59 Å². The van der Waals surface area contributed by atoms with Crippen molar-refractivity contribution in [2.75, 3.05) is 6.54 Å². The Hall–Kier alpha value is -1.54. The first kappa shape index (κ1) is 13.5. The maximum Gasteiger partial charge on any atom is 0.242 e. The standard InChI is InChI=1S/C10H17N3O2/c1-4-6-8(11)10(15)13-7(3)9(14)12-5-2/h1,7-8H,5-6,11H2,2-3H3,(H,12,14)(H,13,15). The molecule has 0 aliphatic rings. The molecule has 0 aromatic rings. The molecule has 0 radical (unpaired) electrons. The summed E-state index contributed by atoms with van der Waals surface area (Å²) in [7, 11) is 0. The molecule has 15 heavy (non-hydrogen) atoms. The van der Waals surface area contributed by atoms with Gasteiger partial charge in [-0.05, 0) is 13.8 Å². The summed E-state index contributed by atoms with van der Waals surface area (Å²) < 4.78 is 0. The molecule has 2 atom stereocenters. The summed E-state index contributed by atoms with van der Waals surface area (Å²) in [5.74, 6) is 1.64. The van der Waals surface area contributed by atoms with Crippen molar-refractivity contribution in [3.05, 3.63) is 0 Å². The van der Waals surface area contributed by atoms with Gasteiger partial charge in [-0.1, -0.05) is 0 Å². The van der Waals surface area contributed by atoms with E-state index in [9.17, 15) is 9.59 Å². The Kier molecular flexibility index (Phi) is 6.14. The molecule has 0 fully saturated rings. The molecular weight excluding hydrogens is 194 g/mol. The maximum absolute atomic E-state index is 11.3. The molecule has 5 heteroatoms. The number of terminal acetylenes is 1. The first-order valence-electron chi connectivity index (χ1n) is 4.80. The fourth-order valence-electron chi connectivity index (χ4n) is 0.933. The van der Waals surface area contributed by atoms with Crippen molar-refractivity contribution in [2.24, 2.45) is 5.73 Å². The van der Waals surface area contributed by atoms with E-state index in [0.717, 1.165) is 0 Å². The molecule has 0 heterocycles. The van der Waals surface area contributed by atoms with Gasteiger partial charge >= 0.3 is 0 Å². The molecule has 0 aliphatic heterocycles. The molecule has 0 aromatic heterocycles. The van der Waals surface area contributed by atoms with E-state index in [0.29, 0.717) is 6.54 Å². The zero-order chi connectivity index (χ0) is 11.8. The Morgan fingerprint density at radius 1 is 1.47 bits per heavy atom. The SMILES string of the molecule is C#CCC(N)C(=O)NC(C)C(=O)NCC. The smallest absolute Gasteiger partial charge is 0.242 e. The largest absolute Gasteiger partial charge is 0.355 e. The van der Waals surface area contributed by atoms with Gasteiger partial charge in [-0.3, -0.25) is 9.59 Å². The Balaban J connectivity index is 4.07. The summed E-state index contributed by atoms with van der Waals surface area (Å²) in [6, 6.07) is -1.35. The molecular formula is C10H17N3O2. The number of carbonyl (C=O) groups excluding carboxylic acids is 2. The molecule has 4 N–H and O–H groups in total. The third-order valence-corrected chi connectivity index (χ3v) is 1.78. The minimum atomic E-state index is -0.758. The summed E-state index contributed by atoms with van der Waals surface area (Å²) in [5.41, 5.74) is 5.46. The molecule has 2 unspecified atom stereocenters. The second kappa shape index (κ2) is 6.85. The second-order valence-electron chi connectivity index (χ2n) is 3.14. The van der Waals surface area contributed by atoms with Crippen LogP contribution in [0.1, 0.15) is 20.3 Å². The quantitative estimate of drug-likeness (QED) is 0.509. The lowest BCUT2D eigenvalue weighted by Crippen LogP contribution is -2.50. The zero-order valence-corrected chi connectivity index (χ0v) is 9.04. The summed E-state index contributed by atoms with van der Waals surface area (Å²) in [6.07, 6.45) is 5.18. The summed E-state index contributed by atoms with van der Waals surface area (Å²) in [5, 5.41) is 5.06. The van der Waals surface area contributed by atoms with Gasteiger partial charge in [0.1, 0.15) is 6.04 Å². The van der Waals surface area contributed by atoms with Crippen LogP contribution in [-0.4, -0.2) is 30.4 Å². The zero-order valence-electron chi connectivity index (χ0n) is 9.04. The van der Waals surface area contributed by atoms with Gasteiger partial charge < -0.3 is 16.4 Å². The normalized spacial score (nSPS) is 13.5. The molecule has 0 rings (SSSR count). The summed E-state index contributed by atoms with van der Waals surface area (Å²) in [4.78, 5) is 22.6. The highest BCUT2D eigenvalue weighted by Gasteiger charge is 2.18. The monoisotopic (exact) mass is 211 g/mol. The van der Waals surface area contributed by atoms with Crippen LogP contribution in [0.2, 0.25) is 0 Å². The van der Waals surface area contributed by atoms with Crippen LogP contribution in [0.15, 0.2) is 0 Å². The minimum absolute atomic E-state index is 0.161. The molecule has 0 bridgehead atoms. The molecule has 84 valence electrons. The van der Waals surface area contributed by atoms with Crippen LogP contribution in [0.5, 0.6) is 0 Å². The van der Waals surface area contributed by atoms with Crippen LogP contribution in [0.4, 0.5) is 0 Å². The predicted molar refractivity (Wildman–Crippen MR) is 57.7 cm³/mol. The highest BCUT2D eigenvalue weighted by Crippen LogP contribution is 1.89. The van der Waals surface area contributed by atoms with Gasteiger partial charge in [0.05, 0.1) is 6.04 Å². The van der Waals surface area contributed by atoms with Crippen LogP contribution in [0.3, 0.4) is 0 Å². The Bertz CT molecular complexity index is 270. The maximum atomic E-state index is 11.3. The predicted octanol–water partition coefficient (Wildman–Crippen LogP) is -1.02. The van der Waals surface area contributed by atoms with E-state index in [2.05, 4.69) is 16.6 Å². The van der Waals surface area contributed by atoms with Crippen LogP contribution in [0, 0.1) is 12.3 Å². The Morgan fingerprint density at radius 2 is 2.07 bits per heavy atom. The van der Waals surface area contributed by atoms with Crippen molar-refractivity contribution < 1.29 is 9.59 Å². The van der Waals surface area contributed by atoms with E-state index in [-0.39, 0.29) is 12.3 Å². The average Bonchev–Trinajstić information content (AvgIpc) is 2.18. The molecule has 0 saturated carbocycles. The Morgan fingerprint density at radius 3 is 2.53 bits per heavy atom. The number of carbonyl (C=O) groups is 2.